The van der Waals surface area contributed by atoms with E-state index in [1.165, 1.54) is 11.1 Å². The first-order chi connectivity index (χ1) is 12.6. The Balaban J connectivity index is 1.96. The Labute approximate surface area is 157 Å². The van der Waals surface area contributed by atoms with Crippen molar-refractivity contribution in [1.82, 2.24) is 4.57 Å². The molecule has 0 aliphatic carbocycles. The summed E-state index contributed by atoms with van der Waals surface area (Å²) in [5.74, 6) is 0.650. The summed E-state index contributed by atoms with van der Waals surface area (Å²) in [6, 6.07) is 10.4. The summed E-state index contributed by atoms with van der Waals surface area (Å²) in [5, 5.41) is 2.06. The molecule has 6 heteroatoms. The van der Waals surface area contributed by atoms with Gasteiger partial charge in [-0.3, -0.25) is 0 Å². The van der Waals surface area contributed by atoms with Gasteiger partial charge in [-0.2, -0.15) is 0 Å². The van der Waals surface area contributed by atoms with Crippen LogP contribution >= 0.6 is 11.3 Å². The molecule has 0 bridgehead atoms. The number of hydrogen-bond acceptors (Lipinski definition) is 4. The summed E-state index contributed by atoms with van der Waals surface area (Å²) in [4.78, 5) is 13.7. The lowest BCUT2D eigenvalue weighted by molar-refractivity contribution is 0.0514. The fraction of sp³-hybridized carbons (Fsp3) is 0.250. The highest BCUT2D eigenvalue weighted by Crippen LogP contribution is 2.42. The summed E-state index contributed by atoms with van der Waals surface area (Å²) in [6.07, 6.45) is 0.865. The molecule has 1 aromatic carbocycles. The number of carbonyl (C=O) groups is 1. The zero-order chi connectivity index (χ0) is 18.3. The zero-order valence-electron chi connectivity index (χ0n) is 15.2. The number of benzene rings is 1. The minimum atomic E-state index is -0.259. The van der Waals surface area contributed by atoms with Gasteiger partial charge in [-0.1, -0.05) is 12.1 Å². The van der Waals surface area contributed by atoms with Crippen molar-refractivity contribution in [3.63, 3.8) is 0 Å². The number of rotatable bonds is 4. The molecule has 0 saturated carbocycles. The monoisotopic (exact) mass is 365 g/mol. The van der Waals surface area contributed by atoms with E-state index in [2.05, 4.69) is 36.0 Å². The number of thiophene rings is 1. The molecule has 4 nitrogen and oxygen atoms in total. The maximum atomic E-state index is 12.5. The number of esters is 1. The molecule has 0 radical (unpaired) electrons. The second-order valence-corrected chi connectivity index (χ2v) is 7.32. The summed E-state index contributed by atoms with van der Waals surface area (Å²) in [7, 11) is 3.76. The van der Waals surface area contributed by atoms with Gasteiger partial charge in [0, 0.05) is 22.5 Å². The lowest BCUT2D eigenvalue weighted by atomic mass is 9.86. The molecule has 0 unspecified atom stereocenters. The quantitative estimate of drug-likeness (QED) is 0.527. The van der Waals surface area contributed by atoms with E-state index in [4.69, 9.17) is 9.47 Å². The van der Waals surface area contributed by atoms with Crippen LogP contribution in [-0.2, 0) is 17.7 Å². The van der Waals surface area contributed by atoms with Gasteiger partial charge in [-0.25, -0.2) is 4.79 Å². The molecule has 0 atom stereocenters. The fourth-order valence-corrected chi connectivity index (χ4v) is 4.42. The second-order valence-electron chi connectivity index (χ2n) is 6.37. The molecule has 4 rings (SSSR count). The normalized spacial score (nSPS) is 12.4. The number of fused-ring (bicyclic) bond motifs is 3. The Kier molecular flexibility index (Phi) is 4.37. The Hall–Kier alpha value is -2.47. The molecule has 0 spiro atoms. The fourth-order valence-electron chi connectivity index (χ4n) is 3.67. The van der Waals surface area contributed by atoms with Crippen LogP contribution in [0, 0.1) is 0 Å². The molecule has 1 aliphatic heterocycles. The van der Waals surface area contributed by atoms with Crippen LogP contribution in [0.3, 0.4) is 0 Å². The van der Waals surface area contributed by atoms with Crippen molar-refractivity contribution in [1.29, 1.82) is 0 Å². The SMILES string of the molecule is Bc1cc2c(cc1OC)CCn1c(C(=O)OCC)cc(-c3cccs3)c1-2. The highest BCUT2D eigenvalue weighted by molar-refractivity contribution is 7.13. The van der Waals surface area contributed by atoms with Crippen LogP contribution in [0.2, 0.25) is 0 Å². The Morgan fingerprint density at radius 3 is 2.85 bits per heavy atom. The molecule has 0 fully saturated rings. The van der Waals surface area contributed by atoms with Gasteiger partial charge >= 0.3 is 5.97 Å². The lowest BCUT2D eigenvalue weighted by Crippen LogP contribution is -2.19. The van der Waals surface area contributed by atoms with Crippen molar-refractivity contribution in [3.8, 4) is 27.4 Å². The van der Waals surface area contributed by atoms with Crippen molar-refractivity contribution in [2.75, 3.05) is 13.7 Å². The van der Waals surface area contributed by atoms with Crippen molar-refractivity contribution in [3.05, 3.63) is 47.0 Å². The average Bonchev–Trinajstić information content (AvgIpc) is 3.28. The molecule has 0 N–H and O–H groups in total. The van der Waals surface area contributed by atoms with E-state index in [0.717, 1.165) is 40.3 Å². The number of carbonyl (C=O) groups excluding carboxylic acids is 1. The van der Waals surface area contributed by atoms with Crippen molar-refractivity contribution < 1.29 is 14.3 Å². The molecular weight excluding hydrogens is 345 g/mol. The van der Waals surface area contributed by atoms with E-state index >= 15 is 0 Å². The summed E-state index contributed by atoms with van der Waals surface area (Å²) in [6.45, 7) is 2.97. The maximum Gasteiger partial charge on any atom is 0.354 e. The van der Waals surface area contributed by atoms with Crippen LogP contribution in [0.5, 0.6) is 5.75 Å². The Morgan fingerprint density at radius 2 is 2.15 bits per heavy atom. The standard InChI is InChI=1S/C20H20BNO3S/c1-3-25-20(23)16-11-14(18-5-4-8-26-18)19-13-10-15(21)17(24-2)9-12(13)6-7-22(16)19/h4-5,8-11H,3,6-7,21H2,1-2H3. The molecule has 1 aliphatic rings. The Morgan fingerprint density at radius 1 is 1.31 bits per heavy atom. The summed E-state index contributed by atoms with van der Waals surface area (Å²) in [5.41, 5.74) is 6.34. The van der Waals surface area contributed by atoms with E-state index < -0.39 is 0 Å². The van der Waals surface area contributed by atoms with Gasteiger partial charge in [0.25, 0.3) is 0 Å². The lowest BCUT2D eigenvalue weighted by Gasteiger charge is -2.23. The van der Waals surface area contributed by atoms with Crippen LogP contribution in [0.1, 0.15) is 23.0 Å². The summed E-state index contributed by atoms with van der Waals surface area (Å²) < 4.78 is 12.9. The number of hydrogen-bond donors (Lipinski definition) is 0. The van der Waals surface area contributed by atoms with E-state index in [1.807, 2.05) is 19.1 Å². The number of methoxy groups -OCH3 is 1. The van der Waals surface area contributed by atoms with Crippen LogP contribution in [0.25, 0.3) is 21.7 Å². The van der Waals surface area contributed by atoms with Crippen molar-refractivity contribution >= 4 is 30.6 Å². The van der Waals surface area contributed by atoms with Gasteiger partial charge in [0.1, 0.15) is 19.3 Å². The first-order valence-corrected chi connectivity index (χ1v) is 9.64. The number of ether oxygens (including phenoxy) is 2. The first-order valence-electron chi connectivity index (χ1n) is 8.76. The molecule has 2 aromatic heterocycles. The van der Waals surface area contributed by atoms with Gasteiger partial charge in [0.2, 0.25) is 0 Å². The van der Waals surface area contributed by atoms with Crippen molar-refractivity contribution in [2.24, 2.45) is 0 Å². The minimum absolute atomic E-state index is 0.259. The summed E-state index contributed by atoms with van der Waals surface area (Å²) >= 11 is 1.68. The third kappa shape index (κ3) is 2.65. The molecule has 0 saturated heterocycles. The van der Waals surface area contributed by atoms with Gasteiger partial charge < -0.3 is 14.0 Å². The van der Waals surface area contributed by atoms with Crippen LogP contribution < -0.4 is 10.2 Å². The first kappa shape index (κ1) is 17.0. The van der Waals surface area contributed by atoms with E-state index in [-0.39, 0.29) is 5.97 Å². The molecule has 132 valence electrons. The van der Waals surface area contributed by atoms with E-state index in [9.17, 15) is 4.79 Å². The predicted octanol–water partition coefficient (Wildman–Crippen LogP) is 2.88. The third-order valence-corrected chi connectivity index (χ3v) is 5.75. The van der Waals surface area contributed by atoms with Gasteiger partial charge in [0.15, 0.2) is 0 Å². The van der Waals surface area contributed by atoms with Gasteiger partial charge in [-0.15, -0.1) is 11.3 Å². The minimum Gasteiger partial charge on any atom is -0.497 e. The average molecular weight is 365 g/mol. The van der Waals surface area contributed by atoms with Crippen LogP contribution in [0.15, 0.2) is 35.7 Å². The van der Waals surface area contributed by atoms with Gasteiger partial charge in [-0.05, 0) is 47.9 Å². The van der Waals surface area contributed by atoms with Crippen molar-refractivity contribution in [2.45, 2.75) is 19.9 Å². The zero-order valence-corrected chi connectivity index (χ0v) is 16.0. The largest absolute Gasteiger partial charge is 0.497 e. The molecule has 0 amide bonds. The smallest absolute Gasteiger partial charge is 0.354 e. The predicted molar refractivity (Wildman–Crippen MR) is 108 cm³/mol. The number of nitrogens with zero attached hydrogens (tertiary/aromatic N) is 1. The van der Waals surface area contributed by atoms with Crippen LogP contribution in [0.4, 0.5) is 0 Å². The molecule has 3 heterocycles. The second kappa shape index (κ2) is 6.69. The molecule has 3 aromatic rings. The molecular formula is C20H20BNO3S. The van der Waals surface area contributed by atoms with Gasteiger partial charge in [0.05, 0.1) is 19.4 Å². The maximum absolute atomic E-state index is 12.5. The Bertz CT molecular complexity index is 976. The van der Waals surface area contributed by atoms with Crippen LogP contribution in [-0.4, -0.2) is 32.1 Å². The number of aromatic nitrogens is 1. The number of aryl methyl sites for hydroxylation is 1. The highest BCUT2D eigenvalue weighted by atomic mass is 32.1. The van der Waals surface area contributed by atoms with E-state index in [1.54, 1.807) is 18.4 Å². The topological polar surface area (TPSA) is 40.5 Å². The third-order valence-electron chi connectivity index (χ3n) is 4.85. The molecule has 26 heavy (non-hydrogen) atoms. The highest BCUT2D eigenvalue weighted by Gasteiger charge is 2.28. The van der Waals surface area contributed by atoms with E-state index in [0.29, 0.717) is 12.3 Å².